The molecular formula is C16H23BrClN. The van der Waals surface area contributed by atoms with Crippen molar-refractivity contribution < 1.29 is 0 Å². The molecule has 3 heteroatoms. The molecule has 2 rings (SSSR count). The minimum absolute atomic E-state index is 0.340. The summed E-state index contributed by atoms with van der Waals surface area (Å²) in [4.78, 5) is 0. The summed E-state index contributed by atoms with van der Waals surface area (Å²) in [6.07, 6.45) is 5.01. The standard InChI is InChI=1S/C16H23BrClN/c1-3-8-19-11-16(2,13-5-6-13)10-12-4-7-14(17)9-15(12)18/h4,7,9,13,19H,3,5-6,8,10-11H2,1-2H3. The number of rotatable bonds is 7. The maximum Gasteiger partial charge on any atom is 0.0449 e. The molecular weight excluding hydrogens is 322 g/mol. The van der Waals surface area contributed by atoms with Gasteiger partial charge in [-0.3, -0.25) is 0 Å². The van der Waals surface area contributed by atoms with Crippen LogP contribution < -0.4 is 5.32 Å². The molecule has 0 bridgehead atoms. The fourth-order valence-electron chi connectivity index (χ4n) is 2.78. The molecule has 0 heterocycles. The quantitative estimate of drug-likeness (QED) is 0.682. The van der Waals surface area contributed by atoms with Gasteiger partial charge in [-0.15, -0.1) is 0 Å². The van der Waals surface area contributed by atoms with Crippen molar-refractivity contribution in [3.63, 3.8) is 0 Å². The first-order chi connectivity index (χ1) is 9.05. The third-order valence-electron chi connectivity index (χ3n) is 4.13. The Morgan fingerprint density at radius 1 is 1.42 bits per heavy atom. The van der Waals surface area contributed by atoms with Crippen LogP contribution in [0.1, 0.15) is 38.7 Å². The Hall–Kier alpha value is -0.0500. The van der Waals surface area contributed by atoms with E-state index in [9.17, 15) is 0 Å². The van der Waals surface area contributed by atoms with Crippen molar-refractivity contribution in [2.24, 2.45) is 11.3 Å². The third-order valence-corrected chi connectivity index (χ3v) is 4.97. The largest absolute Gasteiger partial charge is 0.316 e. The zero-order valence-electron chi connectivity index (χ0n) is 11.8. The highest BCUT2D eigenvalue weighted by Crippen LogP contribution is 2.47. The zero-order chi connectivity index (χ0) is 13.9. The molecule has 1 aromatic rings. The number of nitrogens with one attached hydrogen (secondary N) is 1. The van der Waals surface area contributed by atoms with E-state index in [1.54, 1.807) is 0 Å². The Labute approximate surface area is 130 Å². The van der Waals surface area contributed by atoms with E-state index in [0.717, 1.165) is 34.9 Å². The molecule has 0 aromatic heterocycles. The average molecular weight is 345 g/mol. The molecule has 1 aliphatic rings. The van der Waals surface area contributed by atoms with Crippen LogP contribution in [0, 0.1) is 11.3 Å². The lowest BCUT2D eigenvalue weighted by Crippen LogP contribution is -2.36. The van der Waals surface area contributed by atoms with Gasteiger partial charge < -0.3 is 5.32 Å². The Kier molecular flexibility index (Phi) is 5.33. The molecule has 0 saturated heterocycles. The van der Waals surface area contributed by atoms with Gasteiger partial charge in [-0.2, -0.15) is 0 Å². The topological polar surface area (TPSA) is 12.0 Å². The molecule has 19 heavy (non-hydrogen) atoms. The molecule has 1 aromatic carbocycles. The lowest BCUT2D eigenvalue weighted by atomic mass is 9.79. The zero-order valence-corrected chi connectivity index (χ0v) is 14.1. The van der Waals surface area contributed by atoms with Gasteiger partial charge in [0.05, 0.1) is 0 Å². The van der Waals surface area contributed by atoms with Crippen molar-refractivity contribution in [1.82, 2.24) is 5.32 Å². The number of hydrogen-bond acceptors (Lipinski definition) is 1. The molecule has 1 atom stereocenters. The van der Waals surface area contributed by atoms with Gasteiger partial charge in [0.25, 0.3) is 0 Å². The highest BCUT2D eigenvalue weighted by atomic mass is 79.9. The minimum Gasteiger partial charge on any atom is -0.316 e. The second-order valence-electron chi connectivity index (χ2n) is 6.02. The van der Waals surface area contributed by atoms with Gasteiger partial charge >= 0.3 is 0 Å². The van der Waals surface area contributed by atoms with Crippen LogP contribution in [0.4, 0.5) is 0 Å². The highest BCUT2D eigenvalue weighted by molar-refractivity contribution is 9.10. The number of benzene rings is 1. The maximum atomic E-state index is 6.37. The molecule has 1 N–H and O–H groups in total. The summed E-state index contributed by atoms with van der Waals surface area (Å²) in [5.74, 6) is 0.858. The monoisotopic (exact) mass is 343 g/mol. The van der Waals surface area contributed by atoms with Crippen molar-refractivity contribution in [3.8, 4) is 0 Å². The lowest BCUT2D eigenvalue weighted by molar-refractivity contribution is 0.256. The van der Waals surface area contributed by atoms with Crippen LogP contribution in [-0.2, 0) is 6.42 Å². The Bertz CT molecular complexity index is 431. The van der Waals surface area contributed by atoms with Crippen LogP contribution in [0.5, 0.6) is 0 Å². The fourth-order valence-corrected chi connectivity index (χ4v) is 3.52. The predicted molar refractivity (Wildman–Crippen MR) is 86.8 cm³/mol. The van der Waals surface area contributed by atoms with E-state index in [1.807, 2.05) is 6.07 Å². The van der Waals surface area contributed by atoms with E-state index in [1.165, 1.54) is 24.8 Å². The van der Waals surface area contributed by atoms with Gasteiger partial charge in [0.15, 0.2) is 0 Å². The van der Waals surface area contributed by atoms with Gasteiger partial charge in [-0.25, -0.2) is 0 Å². The molecule has 0 aliphatic heterocycles. The molecule has 0 radical (unpaired) electrons. The van der Waals surface area contributed by atoms with Gasteiger partial charge in [0, 0.05) is 16.0 Å². The molecule has 1 nitrogen and oxygen atoms in total. The lowest BCUT2D eigenvalue weighted by Gasteiger charge is -2.31. The summed E-state index contributed by atoms with van der Waals surface area (Å²) in [6, 6.07) is 6.25. The molecule has 1 aliphatic carbocycles. The molecule has 1 fully saturated rings. The van der Waals surface area contributed by atoms with E-state index >= 15 is 0 Å². The summed E-state index contributed by atoms with van der Waals surface area (Å²) >= 11 is 9.84. The van der Waals surface area contributed by atoms with Gasteiger partial charge in [-0.05, 0) is 61.3 Å². The Morgan fingerprint density at radius 3 is 2.74 bits per heavy atom. The van der Waals surface area contributed by atoms with Crippen LogP contribution >= 0.6 is 27.5 Å². The van der Waals surface area contributed by atoms with E-state index in [4.69, 9.17) is 11.6 Å². The Balaban J connectivity index is 2.07. The molecule has 106 valence electrons. The van der Waals surface area contributed by atoms with Crippen LogP contribution in [0.3, 0.4) is 0 Å². The van der Waals surface area contributed by atoms with E-state index in [-0.39, 0.29) is 0 Å². The minimum atomic E-state index is 0.340. The van der Waals surface area contributed by atoms with Crippen LogP contribution in [0.2, 0.25) is 5.02 Å². The summed E-state index contributed by atoms with van der Waals surface area (Å²) in [5.41, 5.74) is 1.62. The van der Waals surface area contributed by atoms with Crippen LogP contribution in [-0.4, -0.2) is 13.1 Å². The van der Waals surface area contributed by atoms with E-state index < -0.39 is 0 Å². The van der Waals surface area contributed by atoms with Crippen molar-refractivity contribution >= 4 is 27.5 Å². The number of halogens is 2. The first-order valence-electron chi connectivity index (χ1n) is 7.20. The van der Waals surface area contributed by atoms with Crippen molar-refractivity contribution in [2.75, 3.05) is 13.1 Å². The van der Waals surface area contributed by atoms with Crippen molar-refractivity contribution in [2.45, 2.75) is 39.5 Å². The van der Waals surface area contributed by atoms with Crippen LogP contribution in [0.25, 0.3) is 0 Å². The molecule has 1 saturated carbocycles. The second-order valence-corrected chi connectivity index (χ2v) is 7.34. The van der Waals surface area contributed by atoms with Gasteiger partial charge in [0.1, 0.15) is 0 Å². The predicted octanol–water partition coefficient (Wildman–Crippen LogP) is 5.06. The summed E-state index contributed by atoms with van der Waals surface area (Å²) < 4.78 is 1.05. The fraction of sp³-hybridized carbons (Fsp3) is 0.625. The summed E-state index contributed by atoms with van der Waals surface area (Å²) in [7, 11) is 0. The molecule has 0 spiro atoms. The third kappa shape index (κ3) is 4.21. The molecule has 1 unspecified atom stereocenters. The first-order valence-corrected chi connectivity index (χ1v) is 8.37. The van der Waals surface area contributed by atoms with Crippen LogP contribution in [0.15, 0.2) is 22.7 Å². The summed E-state index contributed by atoms with van der Waals surface area (Å²) in [6.45, 7) is 6.83. The normalized spacial score (nSPS) is 18.3. The van der Waals surface area contributed by atoms with Crippen molar-refractivity contribution in [1.29, 1.82) is 0 Å². The highest BCUT2D eigenvalue weighted by Gasteiger charge is 2.41. The Morgan fingerprint density at radius 2 is 2.16 bits per heavy atom. The SMILES string of the molecule is CCCNCC(C)(Cc1ccc(Br)cc1Cl)C1CC1. The maximum absolute atomic E-state index is 6.37. The summed E-state index contributed by atoms with van der Waals surface area (Å²) in [5, 5.41) is 4.48. The van der Waals surface area contributed by atoms with Gasteiger partial charge in [0.2, 0.25) is 0 Å². The van der Waals surface area contributed by atoms with Gasteiger partial charge in [-0.1, -0.05) is 47.4 Å². The average Bonchev–Trinajstić information content (AvgIpc) is 3.18. The van der Waals surface area contributed by atoms with E-state index in [2.05, 4.69) is 47.2 Å². The number of hydrogen-bond donors (Lipinski definition) is 1. The second kappa shape index (κ2) is 6.60. The van der Waals surface area contributed by atoms with Crippen molar-refractivity contribution in [3.05, 3.63) is 33.3 Å². The van der Waals surface area contributed by atoms with E-state index in [0.29, 0.717) is 5.41 Å². The first kappa shape index (κ1) is 15.3. The smallest absolute Gasteiger partial charge is 0.0449 e. The molecule has 0 amide bonds.